The van der Waals surface area contributed by atoms with Gasteiger partial charge in [-0.15, -0.1) is 0 Å². The van der Waals surface area contributed by atoms with Gasteiger partial charge in [-0.2, -0.15) is 5.10 Å². The molecule has 0 aliphatic heterocycles. The highest BCUT2D eigenvalue weighted by Crippen LogP contribution is 2.28. The van der Waals surface area contributed by atoms with Crippen LogP contribution in [0.15, 0.2) is 78.9 Å². The molecule has 0 bridgehead atoms. The summed E-state index contributed by atoms with van der Waals surface area (Å²) in [6, 6.07) is 24.7. The molecule has 1 N–H and O–H groups in total. The Balaban J connectivity index is 1.77. The van der Waals surface area contributed by atoms with Crippen molar-refractivity contribution in [3.8, 4) is 16.9 Å². The number of amides is 1. The summed E-state index contributed by atoms with van der Waals surface area (Å²) in [6.45, 7) is 4.07. The minimum atomic E-state index is -0.233. The Morgan fingerprint density at radius 3 is 2.34 bits per heavy atom. The summed E-state index contributed by atoms with van der Waals surface area (Å²) >= 11 is 6.36. The van der Waals surface area contributed by atoms with Crippen LogP contribution in [0, 0.1) is 13.8 Å². The van der Waals surface area contributed by atoms with Crippen LogP contribution in [0.1, 0.15) is 21.6 Å². The van der Waals surface area contributed by atoms with Gasteiger partial charge >= 0.3 is 0 Å². The van der Waals surface area contributed by atoms with Gasteiger partial charge in [0.25, 0.3) is 5.91 Å². The molecular formula is C24H20ClN3O. The van der Waals surface area contributed by atoms with E-state index in [2.05, 4.69) is 10.4 Å². The van der Waals surface area contributed by atoms with E-state index in [9.17, 15) is 4.79 Å². The van der Waals surface area contributed by atoms with Crippen LogP contribution in [0.3, 0.4) is 0 Å². The van der Waals surface area contributed by atoms with E-state index in [1.165, 1.54) is 5.56 Å². The summed E-state index contributed by atoms with van der Waals surface area (Å²) in [5, 5.41) is 8.25. The maximum Gasteiger partial charge on any atom is 0.274 e. The van der Waals surface area contributed by atoms with Crippen molar-refractivity contribution in [3.63, 3.8) is 0 Å². The number of carbonyl (C=O) groups excluding carboxylic acids is 1. The lowest BCUT2D eigenvalue weighted by atomic mass is 10.1. The van der Waals surface area contributed by atoms with E-state index < -0.39 is 0 Å². The van der Waals surface area contributed by atoms with Crippen molar-refractivity contribution >= 4 is 23.2 Å². The molecule has 0 unspecified atom stereocenters. The zero-order chi connectivity index (χ0) is 20.4. The summed E-state index contributed by atoms with van der Waals surface area (Å²) in [5.74, 6) is -0.233. The van der Waals surface area contributed by atoms with Gasteiger partial charge in [0.2, 0.25) is 0 Å². The Morgan fingerprint density at radius 2 is 1.62 bits per heavy atom. The van der Waals surface area contributed by atoms with Gasteiger partial charge < -0.3 is 5.32 Å². The van der Waals surface area contributed by atoms with Gasteiger partial charge in [-0.05, 0) is 61.4 Å². The third-order valence-corrected chi connectivity index (χ3v) is 5.19. The Labute approximate surface area is 174 Å². The van der Waals surface area contributed by atoms with Crippen LogP contribution in [0.4, 0.5) is 5.69 Å². The Bertz CT molecular complexity index is 1180. The predicted molar refractivity (Wildman–Crippen MR) is 118 cm³/mol. The molecule has 5 heteroatoms. The quantitative estimate of drug-likeness (QED) is 0.451. The number of para-hydroxylation sites is 1. The number of rotatable bonds is 4. The summed E-state index contributed by atoms with van der Waals surface area (Å²) in [4.78, 5) is 13.1. The standard InChI is InChI=1S/C24H20ClN3O/c1-16-12-13-18(14-17(16)2)26-24(29)23-15-22(20-10-6-7-11-21(20)25)27-28(23)19-8-4-3-5-9-19/h3-15H,1-2H3,(H,26,29). The van der Waals surface area contributed by atoms with Crippen LogP contribution in [0.5, 0.6) is 0 Å². The second kappa shape index (κ2) is 7.94. The molecule has 0 radical (unpaired) electrons. The molecule has 3 aromatic carbocycles. The number of hydrogen-bond donors (Lipinski definition) is 1. The average Bonchev–Trinajstić information content (AvgIpc) is 3.17. The first-order valence-electron chi connectivity index (χ1n) is 9.32. The first-order chi connectivity index (χ1) is 14.0. The topological polar surface area (TPSA) is 46.9 Å². The van der Waals surface area contributed by atoms with Crippen LogP contribution in [-0.2, 0) is 0 Å². The van der Waals surface area contributed by atoms with Gasteiger partial charge in [0.15, 0.2) is 0 Å². The largest absolute Gasteiger partial charge is 0.321 e. The fourth-order valence-corrected chi connectivity index (χ4v) is 3.36. The van der Waals surface area contributed by atoms with Crippen molar-refractivity contribution in [1.82, 2.24) is 9.78 Å². The van der Waals surface area contributed by atoms with Gasteiger partial charge in [-0.3, -0.25) is 4.79 Å². The molecule has 4 rings (SSSR count). The van der Waals surface area contributed by atoms with Crippen molar-refractivity contribution in [1.29, 1.82) is 0 Å². The highest BCUT2D eigenvalue weighted by molar-refractivity contribution is 6.33. The van der Waals surface area contributed by atoms with Gasteiger partial charge in [0, 0.05) is 11.3 Å². The van der Waals surface area contributed by atoms with Crippen LogP contribution < -0.4 is 5.32 Å². The average molecular weight is 402 g/mol. The van der Waals surface area contributed by atoms with Crippen LogP contribution in [0.2, 0.25) is 5.02 Å². The first kappa shape index (κ1) is 19.0. The van der Waals surface area contributed by atoms with E-state index >= 15 is 0 Å². The second-order valence-corrected chi connectivity index (χ2v) is 7.30. The number of halogens is 1. The van der Waals surface area contributed by atoms with Crippen LogP contribution in [-0.4, -0.2) is 15.7 Å². The Morgan fingerprint density at radius 1 is 0.897 bits per heavy atom. The zero-order valence-electron chi connectivity index (χ0n) is 16.2. The van der Waals surface area contributed by atoms with E-state index in [0.29, 0.717) is 16.4 Å². The molecule has 0 saturated carbocycles. The van der Waals surface area contributed by atoms with Crippen molar-refractivity contribution in [2.24, 2.45) is 0 Å². The highest BCUT2D eigenvalue weighted by Gasteiger charge is 2.19. The molecule has 4 nitrogen and oxygen atoms in total. The Hall–Kier alpha value is -3.37. The van der Waals surface area contributed by atoms with Gasteiger partial charge in [0.1, 0.15) is 5.69 Å². The minimum absolute atomic E-state index is 0.233. The highest BCUT2D eigenvalue weighted by atomic mass is 35.5. The number of hydrogen-bond acceptors (Lipinski definition) is 2. The summed E-state index contributed by atoms with van der Waals surface area (Å²) in [7, 11) is 0. The normalized spacial score (nSPS) is 10.7. The Kier molecular flexibility index (Phi) is 5.19. The molecule has 29 heavy (non-hydrogen) atoms. The molecule has 0 atom stereocenters. The monoisotopic (exact) mass is 401 g/mol. The van der Waals surface area contributed by atoms with Crippen molar-refractivity contribution in [2.75, 3.05) is 5.32 Å². The van der Waals surface area contributed by atoms with Crippen LogP contribution in [0.25, 0.3) is 16.9 Å². The molecule has 144 valence electrons. The molecular weight excluding hydrogens is 382 g/mol. The van der Waals surface area contributed by atoms with Gasteiger partial charge in [-0.1, -0.05) is 54.1 Å². The lowest BCUT2D eigenvalue weighted by Crippen LogP contribution is -2.17. The molecule has 1 heterocycles. The number of aromatic nitrogens is 2. The molecule has 0 aliphatic rings. The third-order valence-electron chi connectivity index (χ3n) is 4.86. The molecule has 4 aromatic rings. The van der Waals surface area contributed by atoms with E-state index in [1.807, 2.05) is 86.6 Å². The van der Waals surface area contributed by atoms with Gasteiger partial charge in [-0.25, -0.2) is 4.68 Å². The predicted octanol–water partition coefficient (Wildman–Crippen LogP) is 6.06. The lowest BCUT2D eigenvalue weighted by molar-refractivity contribution is 0.101. The molecule has 0 fully saturated rings. The minimum Gasteiger partial charge on any atom is -0.321 e. The van der Waals surface area contributed by atoms with Gasteiger partial charge in [0.05, 0.1) is 16.4 Å². The van der Waals surface area contributed by atoms with E-state index in [4.69, 9.17) is 11.6 Å². The summed E-state index contributed by atoms with van der Waals surface area (Å²) in [5.41, 5.74) is 5.71. The van der Waals surface area contributed by atoms with Crippen LogP contribution >= 0.6 is 11.6 Å². The lowest BCUT2D eigenvalue weighted by Gasteiger charge is -2.09. The van der Waals surface area contributed by atoms with Crippen molar-refractivity contribution in [3.05, 3.63) is 101 Å². The number of anilines is 1. The third kappa shape index (κ3) is 3.93. The van der Waals surface area contributed by atoms with E-state index in [-0.39, 0.29) is 5.91 Å². The maximum atomic E-state index is 13.1. The SMILES string of the molecule is Cc1ccc(NC(=O)c2cc(-c3ccccc3Cl)nn2-c2ccccc2)cc1C. The number of aryl methyl sites for hydroxylation is 2. The van der Waals surface area contributed by atoms with Crippen molar-refractivity contribution < 1.29 is 4.79 Å². The van der Waals surface area contributed by atoms with Crippen molar-refractivity contribution in [2.45, 2.75) is 13.8 Å². The fourth-order valence-electron chi connectivity index (χ4n) is 3.12. The zero-order valence-corrected chi connectivity index (χ0v) is 16.9. The number of nitrogens with zero attached hydrogens (tertiary/aromatic N) is 2. The number of nitrogens with one attached hydrogen (secondary N) is 1. The smallest absolute Gasteiger partial charge is 0.274 e. The number of carbonyl (C=O) groups is 1. The summed E-state index contributed by atoms with van der Waals surface area (Å²) < 4.78 is 1.65. The molecule has 0 aliphatic carbocycles. The van der Waals surface area contributed by atoms with E-state index in [0.717, 1.165) is 22.5 Å². The first-order valence-corrected chi connectivity index (χ1v) is 9.70. The number of benzene rings is 3. The van der Waals surface area contributed by atoms with E-state index in [1.54, 1.807) is 10.7 Å². The summed E-state index contributed by atoms with van der Waals surface area (Å²) in [6.07, 6.45) is 0. The molecule has 1 amide bonds. The maximum absolute atomic E-state index is 13.1. The second-order valence-electron chi connectivity index (χ2n) is 6.90. The molecule has 0 spiro atoms. The molecule has 1 aromatic heterocycles. The fraction of sp³-hybridized carbons (Fsp3) is 0.0833. The molecule has 0 saturated heterocycles.